The van der Waals surface area contributed by atoms with Gasteiger partial charge in [-0.25, -0.2) is 4.79 Å². The van der Waals surface area contributed by atoms with Gasteiger partial charge in [0.2, 0.25) is 0 Å². The Labute approximate surface area is 118 Å². The first-order valence-corrected chi connectivity index (χ1v) is 7.21. The smallest absolute Gasteiger partial charge is 0.306 e. The van der Waals surface area contributed by atoms with Crippen LogP contribution in [0.1, 0.15) is 25.8 Å². The molecule has 0 aliphatic carbocycles. The highest BCUT2D eigenvalue weighted by molar-refractivity contribution is 5.79. The summed E-state index contributed by atoms with van der Waals surface area (Å²) in [6, 6.07) is 6.43. The first-order valence-electron chi connectivity index (χ1n) is 7.21. The van der Waals surface area contributed by atoms with Gasteiger partial charge in [0.05, 0.1) is 11.0 Å². The highest BCUT2D eigenvalue weighted by Gasteiger charge is 2.23. The number of hydrogen-bond donors (Lipinski definition) is 1. The lowest BCUT2D eigenvalue weighted by atomic mass is 10.1. The molecule has 0 radical (unpaired) electrons. The average molecular weight is 271 g/mol. The van der Waals surface area contributed by atoms with E-state index in [0.29, 0.717) is 6.04 Å². The number of para-hydroxylation sites is 1. The van der Waals surface area contributed by atoms with Crippen LogP contribution in [-0.2, 0) is 13.1 Å². The highest BCUT2D eigenvalue weighted by atomic mass is 16.1. The van der Waals surface area contributed by atoms with Crippen molar-refractivity contribution in [1.82, 2.24) is 14.5 Å². The third kappa shape index (κ3) is 2.10. The second-order valence-electron chi connectivity index (χ2n) is 5.71. The van der Waals surface area contributed by atoms with E-state index in [1.54, 1.807) is 0 Å². The summed E-state index contributed by atoms with van der Waals surface area (Å²) >= 11 is 0. The molecule has 1 N–H and O–H groups in total. The quantitative estimate of drug-likeness (QED) is 0.871. The van der Waals surface area contributed by atoms with Crippen LogP contribution in [0.5, 0.6) is 0 Å². The van der Waals surface area contributed by atoms with Gasteiger partial charge in [-0.1, -0.05) is 31.2 Å². The molecule has 1 aromatic carbocycles. The summed E-state index contributed by atoms with van der Waals surface area (Å²) < 4.78 is 1.88. The van der Waals surface area contributed by atoms with Crippen LogP contribution in [-0.4, -0.2) is 27.0 Å². The predicted octanol–water partition coefficient (Wildman–Crippen LogP) is 2.50. The van der Waals surface area contributed by atoms with Gasteiger partial charge in [0.1, 0.15) is 0 Å². The van der Waals surface area contributed by atoms with E-state index in [1.165, 1.54) is 11.1 Å². The minimum atomic E-state index is -0.00420. The molecule has 0 saturated heterocycles. The Hall–Kier alpha value is -1.81. The molecule has 0 unspecified atom stereocenters. The standard InChI is InChI=1S/C16H21N3O/c1-4-11(2)8-18-10-13-6-5-7-14-15(13)19(9-12(18)3)16(20)17-14/h5-7,12H,2,4,8-10H2,1,3H3,(H,17,20)/t12-/m0/s1. The molecule has 1 aliphatic heterocycles. The summed E-state index contributed by atoms with van der Waals surface area (Å²) in [5.41, 5.74) is 4.46. The summed E-state index contributed by atoms with van der Waals surface area (Å²) in [4.78, 5) is 17.5. The number of aromatic amines is 1. The molecule has 0 amide bonds. The number of rotatable bonds is 3. The molecule has 1 aliphatic rings. The van der Waals surface area contributed by atoms with Crippen LogP contribution in [0.2, 0.25) is 0 Å². The molecule has 106 valence electrons. The maximum Gasteiger partial charge on any atom is 0.326 e. The Morgan fingerprint density at radius 3 is 3.05 bits per heavy atom. The van der Waals surface area contributed by atoms with Crippen LogP contribution >= 0.6 is 0 Å². The highest BCUT2D eigenvalue weighted by Crippen LogP contribution is 2.24. The zero-order valence-electron chi connectivity index (χ0n) is 12.1. The van der Waals surface area contributed by atoms with Crippen molar-refractivity contribution >= 4 is 11.0 Å². The van der Waals surface area contributed by atoms with E-state index in [1.807, 2.05) is 16.7 Å². The monoisotopic (exact) mass is 271 g/mol. The lowest BCUT2D eigenvalue weighted by molar-refractivity contribution is 0.204. The minimum absolute atomic E-state index is 0.00420. The van der Waals surface area contributed by atoms with Gasteiger partial charge in [0.15, 0.2) is 0 Å². The minimum Gasteiger partial charge on any atom is -0.306 e. The van der Waals surface area contributed by atoms with Gasteiger partial charge in [0.25, 0.3) is 0 Å². The molecule has 0 saturated carbocycles. The van der Waals surface area contributed by atoms with E-state index in [-0.39, 0.29) is 5.69 Å². The number of benzene rings is 1. The van der Waals surface area contributed by atoms with E-state index < -0.39 is 0 Å². The fourth-order valence-corrected chi connectivity index (χ4v) is 2.96. The molecule has 1 atom stereocenters. The molecule has 0 bridgehead atoms. The van der Waals surface area contributed by atoms with Gasteiger partial charge in [-0.2, -0.15) is 0 Å². The van der Waals surface area contributed by atoms with Crippen molar-refractivity contribution in [3.8, 4) is 0 Å². The number of H-pyrrole nitrogens is 1. The van der Waals surface area contributed by atoms with Gasteiger partial charge in [-0.3, -0.25) is 9.47 Å². The molecule has 2 heterocycles. The first kappa shape index (κ1) is 13.2. The zero-order valence-corrected chi connectivity index (χ0v) is 12.1. The summed E-state index contributed by atoms with van der Waals surface area (Å²) in [5, 5.41) is 0. The van der Waals surface area contributed by atoms with E-state index in [4.69, 9.17) is 0 Å². The number of imidazole rings is 1. The fraction of sp³-hybridized carbons (Fsp3) is 0.438. The van der Waals surface area contributed by atoms with Gasteiger partial charge < -0.3 is 4.98 Å². The van der Waals surface area contributed by atoms with Crippen molar-refractivity contribution in [2.24, 2.45) is 0 Å². The maximum absolute atomic E-state index is 12.1. The topological polar surface area (TPSA) is 41.0 Å². The Bertz CT molecular complexity index is 710. The molecular formula is C16H21N3O. The summed E-state index contributed by atoms with van der Waals surface area (Å²) in [7, 11) is 0. The lowest BCUT2D eigenvalue weighted by Crippen LogP contribution is -2.36. The van der Waals surface area contributed by atoms with Crippen molar-refractivity contribution in [2.45, 2.75) is 39.4 Å². The van der Waals surface area contributed by atoms with Gasteiger partial charge >= 0.3 is 5.69 Å². The Kier molecular flexibility index (Phi) is 3.26. The molecule has 20 heavy (non-hydrogen) atoms. The van der Waals surface area contributed by atoms with Crippen molar-refractivity contribution in [2.75, 3.05) is 6.54 Å². The maximum atomic E-state index is 12.1. The van der Waals surface area contributed by atoms with Gasteiger partial charge in [-0.15, -0.1) is 0 Å². The summed E-state index contributed by atoms with van der Waals surface area (Å²) in [6.45, 7) is 10.9. The van der Waals surface area contributed by atoms with Crippen LogP contribution in [0.4, 0.5) is 0 Å². The Balaban J connectivity index is 2.05. The van der Waals surface area contributed by atoms with E-state index in [2.05, 4.69) is 36.4 Å². The van der Waals surface area contributed by atoms with Crippen LogP contribution in [0.25, 0.3) is 11.0 Å². The van der Waals surface area contributed by atoms with E-state index in [9.17, 15) is 4.79 Å². The van der Waals surface area contributed by atoms with Gasteiger partial charge in [-0.05, 0) is 25.0 Å². The van der Waals surface area contributed by atoms with E-state index in [0.717, 1.165) is 37.1 Å². The second kappa shape index (κ2) is 4.94. The normalized spacial score (nSPS) is 19.2. The summed E-state index contributed by atoms with van der Waals surface area (Å²) in [5.74, 6) is 0. The number of nitrogens with zero attached hydrogens (tertiary/aromatic N) is 2. The zero-order chi connectivity index (χ0) is 14.3. The molecule has 0 fully saturated rings. The molecule has 2 aromatic rings. The summed E-state index contributed by atoms with van der Waals surface area (Å²) in [6.07, 6.45) is 1.00. The van der Waals surface area contributed by atoms with Crippen molar-refractivity contribution in [1.29, 1.82) is 0 Å². The van der Waals surface area contributed by atoms with Crippen molar-refractivity contribution in [3.05, 3.63) is 46.4 Å². The van der Waals surface area contributed by atoms with Crippen LogP contribution < -0.4 is 5.69 Å². The average Bonchev–Trinajstić information content (AvgIpc) is 2.66. The number of nitrogens with one attached hydrogen (secondary N) is 1. The van der Waals surface area contributed by atoms with Gasteiger partial charge in [0, 0.05) is 25.7 Å². The molecule has 0 spiro atoms. The SMILES string of the molecule is C=C(CC)CN1Cc2cccc3[nH]c(=O)n(c23)C[C@@H]1C. The second-order valence-corrected chi connectivity index (χ2v) is 5.71. The Morgan fingerprint density at radius 1 is 1.50 bits per heavy atom. The molecule has 1 aromatic heterocycles. The molecular weight excluding hydrogens is 250 g/mol. The first-order chi connectivity index (χ1) is 9.60. The largest absolute Gasteiger partial charge is 0.326 e. The Morgan fingerprint density at radius 2 is 2.30 bits per heavy atom. The predicted molar refractivity (Wildman–Crippen MR) is 81.9 cm³/mol. The fourth-order valence-electron chi connectivity index (χ4n) is 2.96. The lowest BCUT2D eigenvalue weighted by Gasteiger charge is -2.27. The third-order valence-electron chi connectivity index (χ3n) is 4.25. The number of aromatic nitrogens is 2. The van der Waals surface area contributed by atoms with E-state index >= 15 is 0 Å². The van der Waals surface area contributed by atoms with Crippen molar-refractivity contribution in [3.63, 3.8) is 0 Å². The van der Waals surface area contributed by atoms with Crippen LogP contribution in [0.15, 0.2) is 35.1 Å². The van der Waals surface area contributed by atoms with Crippen molar-refractivity contribution < 1.29 is 0 Å². The molecule has 3 rings (SSSR count). The molecule has 4 nitrogen and oxygen atoms in total. The molecule has 4 heteroatoms. The third-order valence-corrected chi connectivity index (χ3v) is 4.25. The van der Waals surface area contributed by atoms with Crippen LogP contribution in [0.3, 0.4) is 0 Å². The van der Waals surface area contributed by atoms with Crippen LogP contribution in [0, 0.1) is 0 Å². The number of hydrogen-bond acceptors (Lipinski definition) is 2.